The lowest BCUT2D eigenvalue weighted by molar-refractivity contribution is -0.111. The lowest BCUT2D eigenvalue weighted by atomic mass is 9.88. The molecule has 0 radical (unpaired) electrons. The molecule has 0 spiro atoms. The number of hydrogen-bond donors (Lipinski definition) is 1. The van der Waals surface area contributed by atoms with E-state index in [1.165, 1.54) is 23.7 Å². The van der Waals surface area contributed by atoms with E-state index in [0.29, 0.717) is 36.0 Å². The number of furan rings is 1. The summed E-state index contributed by atoms with van der Waals surface area (Å²) in [6.07, 6.45) is 10.4. The average Bonchev–Trinajstić information content (AvgIpc) is 3.51. The van der Waals surface area contributed by atoms with Crippen molar-refractivity contribution in [2.45, 2.75) is 19.3 Å². The number of carbonyl (C=O) groups excluding carboxylic acids is 2. The number of ether oxygens (including phenoxy) is 1. The Bertz CT molecular complexity index is 1020. The second-order valence-electron chi connectivity index (χ2n) is 7.22. The highest BCUT2D eigenvalue weighted by Gasteiger charge is 2.27. The number of fused-ring (bicyclic) bond motifs is 1. The van der Waals surface area contributed by atoms with E-state index in [2.05, 4.69) is 11.4 Å². The molecule has 3 heterocycles. The lowest BCUT2D eigenvalue weighted by Gasteiger charge is -2.23. The molecule has 1 N–H and O–H groups in total. The van der Waals surface area contributed by atoms with Gasteiger partial charge in [0.15, 0.2) is 0 Å². The van der Waals surface area contributed by atoms with E-state index in [0.717, 1.165) is 29.7 Å². The van der Waals surface area contributed by atoms with Crippen LogP contribution in [-0.2, 0) is 22.4 Å². The van der Waals surface area contributed by atoms with Gasteiger partial charge in [-0.1, -0.05) is 12.2 Å². The summed E-state index contributed by atoms with van der Waals surface area (Å²) >= 11 is 1.43. The monoisotopic (exact) mass is 423 g/mol. The smallest absolute Gasteiger partial charge is 0.410 e. The van der Waals surface area contributed by atoms with Crippen LogP contribution in [0.1, 0.15) is 28.2 Å². The van der Waals surface area contributed by atoms with Crippen LogP contribution in [0.25, 0.3) is 6.08 Å². The van der Waals surface area contributed by atoms with Crippen molar-refractivity contribution >= 4 is 34.4 Å². The van der Waals surface area contributed by atoms with Crippen LogP contribution in [-0.4, -0.2) is 36.6 Å². The molecule has 2 aromatic rings. The molecule has 1 unspecified atom stereocenters. The molecule has 1 aliphatic heterocycles. The molecule has 8 heteroatoms. The molecule has 1 aliphatic carbocycles. The van der Waals surface area contributed by atoms with Crippen molar-refractivity contribution in [2.75, 3.05) is 25.0 Å². The molecular formula is C22H21N3O4S. The lowest BCUT2D eigenvalue weighted by Crippen LogP contribution is -2.31. The Hall–Kier alpha value is -3.31. The largest absolute Gasteiger partial charge is 0.465 e. The summed E-state index contributed by atoms with van der Waals surface area (Å²) in [7, 11) is 0. The van der Waals surface area contributed by atoms with Crippen LogP contribution < -0.4 is 5.32 Å². The normalized spacial score (nSPS) is 17.7. The molecule has 4 rings (SSSR count). The quantitative estimate of drug-likeness (QED) is 0.580. The maximum absolute atomic E-state index is 12.2. The number of carbonyl (C=O) groups is 2. The molecule has 0 saturated heterocycles. The highest BCUT2D eigenvalue weighted by atomic mass is 32.1. The molecule has 1 atom stereocenters. The van der Waals surface area contributed by atoms with Gasteiger partial charge in [-0.2, -0.15) is 5.26 Å². The van der Waals surface area contributed by atoms with Crippen molar-refractivity contribution in [3.63, 3.8) is 0 Å². The number of rotatable bonds is 5. The van der Waals surface area contributed by atoms with Gasteiger partial charge >= 0.3 is 6.09 Å². The molecule has 0 fully saturated rings. The fraction of sp³-hybridized carbons (Fsp3) is 0.318. The van der Waals surface area contributed by atoms with Crippen molar-refractivity contribution in [3.8, 4) is 6.07 Å². The van der Waals surface area contributed by atoms with Gasteiger partial charge in [0, 0.05) is 24.0 Å². The number of amides is 2. The standard InChI is InChI=1S/C22H21N3O4S/c23-13-18-17-7-5-15(14-29-22(27)25-9-1-2-10-25)12-19(17)30-21(18)24-20(26)8-6-16-4-3-11-28-16/h1-4,6,8,11,15H,5,7,9-10,12,14H2,(H,24,26). The first-order chi connectivity index (χ1) is 14.6. The molecule has 2 aromatic heterocycles. The van der Waals surface area contributed by atoms with Crippen molar-refractivity contribution in [1.82, 2.24) is 4.90 Å². The van der Waals surface area contributed by atoms with Gasteiger partial charge in [0.1, 0.15) is 16.8 Å². The second-order valence-corrected chi connectivity index (χ2v) is 8.33. The predicted molar refractivity (Wildman–Crippen MR) is 113 cm³/mol. The summed E-state index contributed by atoms with van der Waals surface area (Å²) in [5.74, 6) is 0.481. The number of hydrogen-bond acceptors (Lipinski definition) is 6. The van der Waals surface area contributed by atoms with E-state index in [4.69, 9.17) is 9.15 Å². The van der Waals surface area contributed by atoms with Crippen molar-refractivity contribution in [3.05, 3.63) is 58.4 Å². The summed E-state index contributed by atoms with van der Waals surface area (Å²) in [5.41, 5.74) is 1.53. The Labute approximate surface area is 178 Å². The van der Waals surface area contributed by atoms with Gasteiger partial charge in [0.05, 0.1) is 18.4 Å². The second kappa shape index (κ2) is 9.01. The van der Waals surface area contributed by atoms with Gasteiger partial charge in [-0.3, -0.25) is 4.79 Å². The Morgan fingerprint density at radius 2 is 2.23 bits per heavy atom. The molecule has 0 aromatic carbocycles. The summed E-state index contributed by atoms with van der Waals surface area (Å²) in [5, 5.41) is 13.0. The SMILES string of the molecule is N#Cc1c(NC(=O)C=Cc2ccco2)sc2c1CCC(COC(=O)N1CC=CC1)C2. The van der Waals surface area contributed by atoms with Gasteiger partial charge in [-0.05, 0) is 49.0 Å². The zero-order valence-corrected chi connectivity index (χ0v) is 17.1. The molecule has 0 saturated carbocycles. The van der Waals surface area contributed by atoms with Crippen LogP contribution in [0, 0.1) is 17.2 Å². The predicted octanol–water partition coefficient (Wildman–Crippen LogP) is 3.98. The van der Waals surface area contributed by atoms with E-state index in [9.17, 15) is 14.9 Å². The Kier molecular flexibility index (Phi) is 6.00. The summed E-state index contributed by atoms with van der Waals surface area (Å²) in [4.78, 5) is 27.0. The molecule has 2 amide bonds. The molecular weight excluding hydrogens is 402 g/mol. The topological polar surface area (TPSA) is 95.6 Å². The van der Waals surface area contributed by atoms with Crippen LogP contribution in [0.15, 0.2) is 41.0 Å². The van der Waals surface area contributed by atoms with E-state index in [1.54, 1.807) is 23.1 Å². The van der Waals surface area contributed by atoms with Gasteiger partial charge in [-0.15, -0.1) is 11.3 Å². The first-order valence-corrected chi connectivity index (χ1v) is 10.6. The number of nitrogens with zero attached hydrogens (tertiary/aromatic N) is 2. The number of thiophene rings is 1. The minimum atomic E-state index is -0.314. The first-order valence-electron chi connectivity index (χ1n) is 9.78. The van der Waals surface area contributed by atoms with Gasteiger partial charge in [0.2, 0.25) is 5.91 Å². The molecule has 30 heavy (non-hydrogen) atoms. The summed E-state index contributed by atoms with van der Waals surface area (Å²) in [6, 6.07) is 5.73. The Morgan fingerprint density at radius 3 is 2.97 bits per heavy atom. The maximum Gasteiger partial charge on any atom is 0.410 e. The van der Waals surface area contributed by atoms with E-state index >= 15 is 0 Å². The minimum Gasteiger partial charge on any atom is -0.465 e. The molecule has 7 nitrogen and oxygen atoms in total. The molecule has 2 aliphatic rings. The van der Waals surface area contributed by atoms with Crippen molar-refractivity contribution < 1.29 is 18.7 Å². The Morgan fingerprint density at radius 1 is 1.40 bits per heavy atom. The third-order valence-corrected chi connectivity index (χ3v) is 6.35. The van der Waals surface area contributed by atoms with Crippen LogP contribution in [0.3, 0.4) is 0 Å². The van der Waals surface area contributed by atoms with Crippen molar-refractivity contribution in [2.24, 2.45) is 5.92 Å². The summed E-state index contributed by atoms with van der Waals surface area (Å²) < 4.78 is 10.6. The fourth-order valence-electron chi connectivity index (χ4n) is 3.61. The number of nitriles is 1. The third-order valence-electron chi connectivity index (χ3n) is 5.18. The van der Waals surface area contributed by atoms with Gasteiger partial charge in [-0.25, -0.2) is 4.79 Å². The third kappa shape index (κ3) is 4.47. The van der Waals surface area contributed by atoms with E-state index < -0.39 is 0 Å². The zero-order valence-electron chi connectivity index (χ0n) is 16.3. The minimum absolute atomic E-state index is 0.213. The summed E-state index contributed by atoms with van der Waals surface area (Å²) in [6.45, 7) is 1.56. The molecule has 0 bridgehead atoms. The fourth-order valence-corrected chi connectivity index (χ4v) is 4.92. The van der Waals surface area contributed by atoms with E-state index in [1.807, 2.05) is 12.2 Å². The van der Waals surface area contributed by atoms with Gasteiger partial charge in [0.25, 0.3) is 0 Å². The Balaban J connectivity index is 1.37. The van der Waals surface area contributed by atoms with Gasteiger partial charge < -0.3 is 19.4 Å². The van der Waals surface area contributed by atoms with Crippen LogP contribution in [0.5, 0.6) is 0 Å². The zero-order chi connectivity index (χ0) is 20.9. The first kappa shape index (κ1) is 20.0. The maximum atomic E-state index is 12.2. The van der Waals surface area contributed by atoms with Crippen molar-refractivity contribution in [1.29, 1.82) is 5.26 Å². The molecule has 154 valence electrons. The van der Waals surface area contributed by atoms with E-state index in [-0.39, 0.29) is 17.9 Å². The number of anilines is 1. The van der Waals surface area contributed by atoms with Crippen LogP contribution in [0.4, 0.5) is 9.80 Å². The average molecular weight is 423 g/mol. The van der Waals surface area contributed by atoms with Crippen LogP contribution >= 0.6 is 11.3 Å². The number of nitrogens with one attached hydrogen (secondary N) is 1. The highest BCUT2D eigenvalue weighted by Crippen LogP contribution is 2.39. The highest BCUT2D eigenvalue weighted by molar-refractivity contribution is 7.16. The van der Waals surface area contributed by atoms with Crippen LogP contribution in [0.2, 0.25) is 0 Å².